The number of nitrogens with zero attached hydrogens (tertiary/aromatic N) is 6. The second kappa shape index (κ2) is 13.1. The van der Waals surface area contributed by atoms with Gasteiger partial charge in [0, 0.05) is 46.1 Å². The molecule has 5 rings (SSSR count). The van der Waals surface area contributed by atoms with Crippen molar-refractivity contribution in [2.45, 2.75) is 12.5 Å². The van der Waals surface area contributed by atoms with Crippen molar-refractivity contribution in [3.8, 4) is 22.8 Å². The van der Waals surface area contributed by atoms with Gasteiger partial charge in [0.15, 0.2) is 0 Å². The fourth-order valence-corrected chi connectivity index (χ4v) is 4.71. The summed E-state index contributed by atoms with van der Waals surface area (Å²) in [6.07, 6.45) is 5.12. The Balaban J connectivity index is 1.44. The number of carboxylic acid groups (broad SMARTS) is 1. The van der Waals surface area contributed by atoms with E-state index < -0.39 is 18.0 Å². The van der Waals surface area contributed by atoms with Crippen LogP contribution in [0.1, 0.15) is 23.0 Å². The topological polar surface area (TPSA) is 173 Å². The molecule has 1 unspecified atom stereocenters. The number of aromatic amines is 1. The van der Waals surface area contributed by atoms with Gasteiger partial charge in [-0.05, 0) is 52.9 Å². The number of tetrazole rings is 1. The molecule has 3 heterocycles. The number of aromatic nitrogens is 7. The first-order chi connectivity index (χ1) is 20.8. The second-order valence-corrected chi connectivity index (χ2v) is 9.83. The number of rotatable bonds is 10. The molecule has 0 saturated carbocycles. The summed E-state index contributed by atoms with van der Waals surface area (Å²) in [7, 11) is 1.51. The molecule has 0 aliphatic heterocycles. The Morgan fingerprint density at radius 1 is 1.16 bits per heavy atom. The first-order valence-corrected chi connectivity index (χ1v) is 13.4. The lowest BCUT2D eigenvalue weighted by atomic mass is 10.1. The summed E-state index contributed by atoms with van der Waals surface area (Å²) >= 11 is 12.8. The van der Waals surface area contributed by atoms with Gasteiger partial charge >= 0.3 is 6.09 Å². The lowest BCUT2D eigenvalue weighted by Crippen LogP contribution is -2.29. The number of ether oxygens (including phenoxy) is 1. The van der Waals surface area contributed by atoms with E-state index in [1.807, 2.05) is 6.07 Å². The third-order valence-electron chi connectivity index (χ3n) is 6.20. The molecule has 15 heteroatoms. The number of methoxy groups -OCH3 is 1. The Morgan fingerprint density at radius 2 is 1.98 bits per heavy atom. The van der Waals surface area contributed by atoms with Crippen LogP contribution >= 0.6 is 23.2 Å². The first-order valence-electron chi connectivity index (χ1n) is 12.7. The van der Waals surface area contributed by atoms with Gasteiger partial charge in [-0.25, -0.2) is 14.8 Å². The van der Waals surface area contributed by atoms with Crippen LogP contribution in [-0.2, 0) is 11.2 Å². The number of pyridine rings is 1. The van der Waals surface area contributed by atoms with Crippen molar-refractivity contribution in [3.63, 3.8) is 0 Å². The minimum Gasteiger partial charge on any atom is -0.481 e. The van der Waals surface area contributed by atoms with Crippen molar-refractivity contribution in [2.75, 3.05) is 12.4 Å². The van der Waals surface area contributed by atoms with E-state index >= 15 is 0 Å². The lowest BCUT2D eigenvalue weighted by Gasteiger charge is -2.17. The third kappa shape index (κ3) is 7.15. The predicted molar refractivity (Wildman–Crippen MR) is 159 cm³/mol. The van der Waals surface area contributed by atoms with Crippen LogP contribution in [0.4, 0.5) is 10.5 Å². The monoisotopic (exact) mass is 619 g/mol. The highest BCUT2D eigenvalue weighted by Gasteiger charge is 2.23. The number of nitrogens with one attached hydrogen (secondary N) is 3. The normalized spacial score (nSPS) is 11.8. The van der Waals surface area contributed by atoms with E-state index in [2.05, 4.69) is 41.1 Å². The molecule has 0 spiro atoms. The quantitative estimate of drug-likeness (QED) is 0.157. The van der Waals surface area contributed by atoms with Gasteiger partial charge in [-0.1, -0.05) is 41.4 Å². The van der Waals surface area contributed by atoms with Crippen molar-refractivity contribution >= 4 is 47.0 Å². The van der Waals surface area contributed by atoms with Crippen LogP contribution in [0.15, 0.2) is 73.2 Å². The van der Waals surface area contributed by atoms with Gasteiger partial charge in [0.1, 0.15) is 23.0 Å². The van der Waals surface area contributed by atoms with Crippen molar-refractivity contribution in [3.05, 3.63) is 100 Å². The van der Waals surface area contributed by atoms with Gasteiger partial charge in [-0.15, -0.1) is 5.10 Å². The van der Waals surface area contributed by atoms with E-state index in [0.717, 1.165) is 5.56 Å². The molecule has 3 aromatic heterocycles. The van der Waals surface area contributed by atoms with Gasteiger partial charge in [0.05, 0.1) is 18.8 Å². The molecule has 0 bridgehead atoms. The van der Waals surface area contributed by atoms with Gasteiger partial charge in [-0.3, -0.25) is 10.1 Å². The number of hydrogen-bond donors (Lipinski definition) is 4. The molecule has 2 aromatic carbocycles. The van der Waals surface area contributed by atoms with Crippen LogP contribution in [0.2, 0.25) is 10.2 Å². The molecule has 218 valence electrons. The van der Waals surface area contributed by atoms with Gasteiger partial charge in [0.2, 0.25) is 11.8 Å². The largest absolute Gasteiger partial charge is 0.481 e. The summed E-state index contributed by atoms with van der Waals surface area (Å²) in [6.45, 7) is 0. The number of carbonyl (C=O) groups excluding carboxylic acids is 1. The molecule has 0 fully saturated rings. The zero-order valence-electron chi connectivity index (χ0n) is 22.4. The zero-order chi connectivity index (χ0) is 30.3. The lowest BCUT2D eigenvalue weighted by molar-refractivity contribution is -0.117. The van der Waals surface area contributed by atoms with Gasteiger partial charge < -0.3 is 20.1 Å². The molecule has 0 saturated heterocycles. The van der Waals surface area contributed by atoms with Crippen LogP contribution in [0.5, 0.6) is 5.88 Å². The summed E-state index contributed by atoms with van der Waals surface area (Å²) < 4.78 is 6.88. The summed E-state index contributed by atoms with van der Waals surface area (Å²) in [5.41, 5.74) is 3.44. The van der Waals surface area contributed by atoms with E-state index in [-0.39, 0.29) is 11.6 Å². The number of benzene rings is 2. The maximum absolute atomic E-state index is 13.3. The maximum atomic E-state index is 13.3. The first kappa shape index (κ1) is 29.2. The molecule has 43 heavy (non-hydrogen) atoms. The summed E-state index contributed by atoms with van der Waals surface area (Å²) in [4.78, 5) is 36.2. The van der Waals surface area contributed by atoms with Crippen molar-refractivity contribution in [1.29, 1.82) is 0 Å². The highest BCUT2D eigenvalue weighted by molar-refractivity contribution is 6.32. The highest BCUT2D eigenvalue weighted by Crippen LogP contribution is 2.30. The van der Waals surface area contributed by atoms with Crippen molar-refractivity contribution in [1.82, 2.24) is 40.5 Å². The molecule has 0 aliphatic rings. The number of carbonyl (C=O) groups is 2. The van der Waals surface area contributed by atoms with E-state index in [4.69, 9.17) is 33.0 Å². The maximum Gasteiger partial charge on any atom is 0.409 e. The predicted octanol–water partition coefficient (Wildman–Crippen LogP) is 4.97. The Morgan fingerprint density at radius 3 is 2.70 bits per heavy atom. The molecule has 2 amide bonds. The van der Waals surface area contributed by atoms with Gasteiger partial charge in [-0.2, -0.15) is 4.68 Å². The van der Waals surface area contributed by atoms with Crippen LogP contribution in [0.25, 0.3) is 23.0 Å². The minimum absolute atomic E-state index is 0.242. The molecular formula is C28H23Cl2N9O4. The van der Waals surface area contributed by atoms with Crippen LogP contribution in [0, 0.1) is 0 Å². The number of imidazole rings is 1. The average molecular weight is 620 g/mol. The van der Waals surface area contributed by atoms with Crippen LogP contribution < -0.4 is 15.4 Å². The molecular weight excluding hydrogens is 597 g/mol. The summed E-state index contributed by atoms with van der Waals surface area (Å²) in [5, 5.41) is 26.2. The Kier molecular flexibility index (Phi) is 8.93. The van der Waals surface area contributed by atoms with Gasteiger partial charge in [0.25, 0.3) is 0 Å². The molecule has 5 aromatic rings. The number of anilines is 1. The molecule has 13 nitrogen and oxygen atoms in total. The summed E-state index contributed by atoms with van der Waals surface area (Å²) in [6, 6.07) is 14.6. The highest BCUT2D eigenvalue weighted by atomic mass is 35.5. The Hall–Kier alpha value is -5.27. The number of hydrogen-bond acceptors (Lipinski definition) is 8. The number of H-pyrrole nitrogens is 1. The Bertz CT molecular complexity index is 1770. The smallest absolute Gasteiger partial charge is 0.409 e. The zero-order valence-corrected chi connectivity index (χ0v) is 23.9. The van der Waals surface area contributed by atoms with Crippen molar-refractivity contribution in [2.24, 2.45) is 0 Å². The minimum atomic E-state index is -1.17. The fraction of sp³-hybridized carbons (Fsp3) is 0.107. The van der Waals surface area contributed by atoms with Crippen molar-refractivity contribution < 1.29 is 19.4 Å². The van der Waals surface area contributed by atoms with E-state index in [1.54, 1.807) is 60.8 Å². The fourth-order valence-electron chi connectivity index (χ4n) is 4.28. The standard InChI is InChI=1S/C28H23Cl2N9O4/c1-43-27-18(3-2-12-31-27)14-21(26-35-24(25(30)36-26)16-4-8-20(9-5-16)33-28(41)42)34-23(40)11-6-17-13-19(29)7-10-22(17)39-15-32-37-38-39/h2-13,15,21,33H,14H2,1H3,(H,34,40)(H,35,36)(H,41,42). The van der Waals surface area contributed by atoms with Crippen LogP contribution in [0.3, 0.4) is 0 Å². The third-order valence-corrected chi connectivity index (χ3v) is 6.71. The molecule has 0 aliphatic carbocycles. The summed E-state index contributed by atoms with van der Waals surface area (Å²) in [5.74, 6) is 0.368. The molecule has 0 radical (unpaired) electrons. The number of halogens is 2. The molecule has 4 N–H and O–H groups in total. The second-order valence-electron chi connectivity index (χ2n) is 9.02. The Labute approximate surface area is 254 Å². The molecule has 1 atom stereocenters. The average Bonchev–Trinajstić information content (AvgIpc) is 3.66. The van der Waals surface area contributed by atoms with E-state index in [9.17, 15) is 9.59 Å². The van der Waals surface area contributed by atoms with E-state index in [1.165, 1.54) is 24.2 Å². The SMILES string of the molecule is COc1ncccc1CC(NC(=O)C=Cc1cc(Cl)ccc1-n1cnnn1)c1nc(-c2ccc(NC(=O)O)cc2)c(Cl)[nH]1. The van der Waals surface area contributed by atoms with E-state index in [0.29, 0.717) is 44.9 Å². The number of amides is 2. The van der Waals surface area contributed by atoms with Crippen LogP contribution in [-0.4, -0.2) is 59.4 Å².